The number of benzene rings is 1. The summed E-state index contributed by atoms with van der Waals surface area (Å²) in [5.74, 6) is -0.330. The normalized spacial score (nSPS) is 23.3. The molecule has 1 aliphatic rings. The molecular formula is C16H21F4N. The molecule has 1 N–H and O–H groups in total. The van der Waals surface area contributed by atoms with Crippen molar-refractivity contribution in [1.82, 2.24) is 5.32 Å². The third-order valence-corrected chi connectivity index (χ3v) is 4.37. The van der Waals surface area contributed by atoms with E-state index in [4.69, 9.17) is 0 Å². The predicted octanol–water partition coefficient (Wildman–Crippen LogP) is 4.90. The molecular weight excluding hydrogens is 282 g/mol. The maximum absolute atomic E-state index is 13.1. The first kappa shape index (κ1) is 16.3. The molecule has 0 radical (unpaired) electrons. The Morgan fingerprint density at radius 2 is 1.90 bits per heavy atom. The van der Waals surface area contributed by atoms with Gasteiger partial charge in [0, 0.05) is 12.6 Å². The van der Waals surface area contributed by atoms with Gasteiger partial charge in [0.1, 0.15) is 5.82 Å². The summed E-state index contributed by atoms with van der Waals surface area (Å²) < 4.78 is 51.9. The van der Waals surface area contributed by atoms with E-state index in [0.717, 1.165) is 31.7 Å². The highest BCUT2D eigenvalue weighted by atomic mass is 19.4. The zero-order valence-electron chi connectivity index (χ0n) is 12.1. The lowest BCUT2D eigenvalue weighted by Gasteiger charge is -2.32. The van der Waals surface area contributed by atoms with Crippen molar-refractivity contribution in [3.8, 4) is 0 Å². The molecule has 1 aliphatic carbocycles. The molecule has 0 heterocycles. The topological polar surface area (TPSA) is 12.0 Å². The number of rotatable bonds is 4. The van der Waals surface area contributed by atoms with Gasteiger partial charge >= 0.3 is 6.18 Å². The van der Waals surface area contributed by atoms with Crippen LogP contribution in [0.5, 0.6) is 0 Å². The molecule has 1 aromatic rings. The van der Waals surface area contributed by atoms with E-state index in [1.54, 1.807) is 0 Å². The van der Waals surface area contributed by atoms with Gasteiger partial charge in [0.15, 0.2) is 0 Å². The lowest BCUT2D eigenvalue weighted by Crippen LogP contribution is -2.38. The Morgan fingerprint density at radius 1 is 1.19 bits per heavy atom. The molecule has 21 heavy (non-hydrogen) atoms. The maximum Gasteiger partial charge on any atom is 0.416 e. The van der Waals surface area contributed by atoms with E-state index in [1.807, 2.05) is 0 Å². The molecule has 0 saturated heterocycles. The summed E-state index contributed by atoms with van der Waals surface area (Å²) in [7, 11) is 0. The maximum atomic E-state index is 13.1. The fraction of sp³-hybridized carbons (Fsp3) is 0.625. The molecule has 1 saturated carbocycles. The van der Waals surface area contributed by atoms with Gasteiger partial charge in [-0.25, -0.2) is 4.39 Å². The van der Waals surface area contributed by atoms with Crippen LogP contribution in [-0.4, -0.2) is 6.04 Å². The molecule has 0 amide bonds. The molecule has 2 unspecified atom stereocenters. The summed E-state index contributed by atoms with van der Waals surface area (Å²) in [5, 5.41) is 3.25. The second kappa shape index (κ2) is 6.77. The Labute approximate surface area is 122 Å². The SMILES string of the molecule is CCC1CCCCC1NCc1ccc(F)cc1C(F)(F)F. The largest absolute Gasteiger partial charge is 0.416 e. The average Bonchev–Trinajstić information content (AvgIpc) is 2.45. The van der Waals surface area contributed by atoms with Gasteiger partial charge < -0.3 is 5.32 Å². The van der Waals surface area contributed by atoms with Gasteiger partial charge in [-0.05, 0) is 36.5 Å². The van der Waals surface area contributed by atoms with E-state index in [0.29, 0.717) is 12.0 Å². The minimum Gasteiger partial charge on any atom is -0.310 e. The van der Waals surface area contributed by atoms with Crippen LogP contribution < -0.4 is 5.32 Å². The fourth-order valence-corrected chi connectivity index (χ4v) is 3.17. The Balaban J connectivity index is 2.09. The van der Waals surface area contributed by atoms with E-state index < -0.39 is 17.6 Å². The van der Waals surface area contributed by atoms with Gasteiger partial charge in [-0.2, -0.15) is 13.2 Å². The van der Waals surface area contributed by atoms with Crippen LogP contribution in [0.3, 0.4) is 0 Å². The van der Waals surface area contributed by atoms with Gasteiger partial charge in [-0.3, -0.25) is 0 Å². The van der Waals surface area contributed by atoms with Crippen molar-refractivity contribution in [2.45, 2.75) is 57.8 Å². The van der Waals surface area contributed by atoms with Crippen LogP contribution in [0.25, 0.3) is 0 Å². The van der Waals surface area contributed by atoms with Crippen molar-refractivity contribution >= 4 is 0 Å². The molecule has 0 spiro atoms. The zero-order valence-corrected chi connectivity index (χ0v) is 12.1. The van der Waals surface area contributed by atoms with E-state index in [-0.39, 0.29) is 18.2 Å². The summed E-state index contributed by atoms with van der Waals surface area (Å²) in [6.07, 6.45) is 0.957. The third-order valence-electron chi connectivity index (χ3n) is 4.37. The van der Waals surface area contributed by atoms with E-state index in [9.17, 15) is 17.6 Å². The van der Waals surface area contributed by atoms with Crippen molar-refractivity contribution in [3.05, 3.63) is 35.1 Å². The molecule has 1 fully saturated rings. The van der Waals surface area contributed by atoms with Crippen LogP contribution in [-0.2, 0) is 12.7 Å². The zero-order chi connectivity index (χ0) is 15.5. The molecule has 118 valence electrons. The van der Waals surface area contributed by atoms with Crippen LogP contribution in [0.15, 0.2) is 18.2 Å². The van der Waals surface area contributed by atoms with Crippen LogP contribution in [0.2, 0.25) is 0 Å². The number of halogens is 4. The smallest absolute Gasteiger partial charge is 0.310 e. The van der Waals surface area contributed by atoms with Crippen molar-refractivity contribution in [1.29, 1.82) is 0 Å². The summed E-state index contributed by atoms with van der Waals surface area (Å²) in [5.41, 5.74) is -0.761. The summed E-state index contributed by atoms with van der Waals surface area (Å²) in [6.45, 7) is 2.25. The van der Waals surface area contributed by atoms with Crippen LogP contribution >= 0.6 is 0 Å². The summed E-state index contributed by atoms with van der Waals surface area (Å²) >= 11 is 0. The van der Waals surface area contributed by atoms with E-state index >= 15 is 0 Å². The van der Waals surface area contributed by atoms with Gasteiger partial charge in [-0.15, -0.1) is 0 Å². The monoisotopic (exact) mass is 303 g/mol. The third kappa shape index (κ3) is 4.19. The minimum absolute atomic E-state index is 0.115. The van der Waals surface area contributed by atoms with Gasteiger partial charge in [0.05, 0.1) is 5.56 Å². The average molecular weight is 303 g/mol. The Morgan fingerprint density at radius 3 is 2.57 bits per heavy atom. The van der Waals surface area contributed by atoms with E-state index in [2.05, 4.69) is 12.2 Å². The van der Waals surface area contributed by atoms with Gasteiger partial charge in [-0.1, -0.05) is 32.3 Å². The lowest BCUT2D eigenvalue weighted by atomic mass is 9.83. The van der Waals surface area contributed by atoms with Crippen LogP contribution in [0.1, 0.15) is 50.2 Å². The highest BCUT2D eigenvalue weighted by Gasteiger charge is 2.34. The number of hydrogen-bond donors (Lipinski definition) is 1. The second-order valence-corrected chi connectivity index (χ2v) is 5.74. The first-order valence-electron chi connectivity index (χ1n) is 7.50. The van der Waals surface area contributed by atoms with Crippen molar-refractivity contribution < 1.29 is 17.6 Å². The summed E-state index contributed by atoms with van der Waals surface area (Å²) in [4.78, 5) is 0. The van der Waals surface area contributed by atoms with Crippen molar-refractivity contribution in [2.75, 3.05) is 0 Å². The van der Waals surface area contributed by atoms with Crippen LogP contribution in [0.4, 0.5) is 17.6 Å². The van der Waals surface area contributed by atoms with Gasteiger partial charge in [0.2, 0.25) is 0 Å². The standard InChI is InChI=1S/C16H21F4N/c1-2-11-5-3-4-6-15(11)21-10-12-7-8-13(17)9-14(12)16(18,19)20/h7-9,11,15,21H,2-6,10H2,1H3. The molecule has 1 aromatic carbocycles. The molecule has 0 bridgehead atoms. The minimum atomic E-state index is -4.52. The first-order valence-corrected chi connectivity index (χ1v) is 7.50. The lowest BCUT2D eigenvalue weighted by molar-refractivity contribution is -0.138. The fourth-order valence-electron chi connectivity index (χ4n) is 3.17. The van der Waals surface area contributed by atoms with Crippen molar-refractivity contribution in [2.24, 2.45) is 5.92 Å². The predicted molar refractivity (Wildman–Crippen MR) is 74.3 cm³/mol. The molecule has 5 heteroatoms. The molecule has 2 atom stereocenters. The number of hydrogen-bond acceptors (Lipinski definition) is 1. The second-order valence-electron chi connectivity index (χ2n) is 5.74. The Hall–Kier alpha value is -1.10. The molecule has 0 aliphatic heterocycles. The van der Waals surface area contributed by atoms with E-state index in [1.165, 1.54) is 12.5 Å². The summed E-state index contributed by atoms with van der Waals surface area (Å²) in [6, 6.07) is 3.16. The number of nitrogens with one attached hydrogen (secondary N) is 1. The van der Waals surface area contributed by atoms with Crippen molar-refractivity contribution in [3.63, 3.8) is 0 Å². The number of alkyl halides is 3. The highest BCUT2D eigenvalue weighted by Crippen LogP contribution is 2.33. The molecule has 1 nitrogen and oxygen atoms in total. The van der Waals surface area contributed by atoms with Crippen LogP contribution in [0, 0.1) is 11.7 Å². The highest BCUT2D eigenvalue weighted by molar-refractivity contribution is 5.30. The molecule has 2 rings (SSSR count). The molecule has 0 aromatic heterocycles. The van der Waals surface area contributed by atoms with Gasteiger partial charge in [0.25, 0.3) is 0 Å². The first-order chi connectivity index (χ1) is 9.91. The Kier molecular flexibility index (Phi) is 5.25. The Bertz CT molecular complexity index is 470. The quantitative estimate of drug-likeness (QED) is 0.780.